The average Bonchev–Trinajstić information content (AvgIpc) is 3.31. The van der Waals surface area contributed by atoms with E-state index in [-0.39, 0.29) is 64.6 Å². The molecule has 0 aliphatic rings. The van der Waals surface area contributed by atoms with Crippen molar-refractivity contribution in [2.45, 2.75) is 32.1 Å². The molecule has 0 radical (unpaired) electrons. The molecule has 0 bridgehead atoms. The van der Waals surface area contributed by atoms with Gasteiger partial charge in [-0.2, -0.15) is 0 Å². The Balaban J connectivity index is 0.925. The van der Waals surface area contributed by atoms with Crippen LogP contribution >= 0.6 is 0 Å². The van der Waals surface area contributed by atoms with E-state index in [1.807, 2.05) is 6.07 Å². The van der Waals surface area contributed by atoms with E-state index in [1.165, 1.54) is 6.07 Å². The second-order valence-electron chi connectivity index (χ2n) is 16.4. The quantitative estimate of drug-likeness (QED) is 0.0303. The van der Waals surface area contributed by atoms with Crippen LogP contribution in [-0.2, 0) is 32.1 Å². The third kappa shape index (κ3) is 8.91. The number of benzene rings is 9. The zero-order valence-corrected chi connectivity index (χ0v) is 35.3. The lowest BCUT2D eigenvalue weighted by Gasteiger charge is -2.19. The maximum Gasteiger partial charge on any atom is 0.178 e. The Morgan fingerprint density at radius 3 is 1.23 bits per heavy atom. The largest absolute Gasteiger partial charge is 0.508 e. The van der Waals surface area contributed by atoms with Crippen LogP contribution < -0.4 is 9.78 Å². The van der Waals surface area contributed by atoms with Crippen molar-refractivity contribution in [3.05, 3.63) is 207 Å². The maximum atomic E-state index is 11.8. The van der Waals surface area contributed by atoms with Crippen LogP contribution in [0.3, 0.4) is 0 Å². The van der Waals surface area contributed by atoms with Gasteiger partial charge < -0.3 is 46.0 Å². The molecule has 0 atom stereocenters. The fourth-order valence-electron chi connectivity index (χ4n) is 8.43. The topological polar surface area (TPSA) is 201 Å². The van der Waals surface area contributed by atoms with Gasteiger partial charge in [-0.25, -0.2) is 0 Å². The van der Waals surface area contributed by atoms with Crippen molar-refractivity contribution in [1.82, 2.24) is 0 Å². The van der Waals surface area contributed by atoms with E-state index in [0.717, 1.165) is 27.8 Å². The van der Waals surface area contributed by atoms with E-state index in [2.05, 4.69) is 0 Å². The van der Waals surface area contributed by atoms with Crippen LogP contribution in [0.4, 0.5) is 0 Å². The number of rotatable bonds is 13. The highest BCUT2D eigenvalue weighted by molar-refractivity contribution is 5.99. The summed E-state index contributed by atoms with van der Waals surface area (Å²) in [6.07, 6.45) is 1.43. The SMILES string of the molecule is Oc1ccc(Cc2cc3ccc(O)c(Cc4ccc(OOc5ccc(Cc6c(O)c(Cc7ccc(O)cc7)cc7c(Cc8ccc(O)cc8)cc(O)c(O)c67)cc5)cc4)c3c(O)c2O)cc1. The van der Waals surface area contributed by atoms with E-state index < -0.39 is 0 Å². The molecule has 0 aromatic heterocycles. The predicted octanol–water partition coefficient (Wildman–Crippen LogP) is 10.7. The molecule has 0 amide bonds. The molecule has 0 saturated carbocycles. The van der Waals surface area contributed by atoms with E-state index in [4.69, 9.17) is 9.78 Å². The van der Waals surface area contributed by atoms with Crippen LogP contribution in [-0.4, -0.2) is 46.0 Å². The molecule has 0 saturated heterocycles. The number of aromatic hydroxyl groups is 9. The van der Waals surface area contributed by atoms with Crippen LogP contribution in [0.2, 0.25) is 0 Å². The maximum absolute atomic E-state index is 11.8. The van der Waals surface area contributed by atoms with Crippen molar-refractivity contribution >= 4 is 21.5 Å². The highest BCUT2D eigenvalue weighted by Crippen LogP contribution is 2.46. The Morgan fingerprint density at radius 2 is 0.727 bits per heavy atom. The molecular weight excluding hydrogens is 837 g/mol. The van der Waals surface area contributed by atoms with Crippen molar-refractivity contribution in [2.75, 3.05) is 0 Å². The third-order valence-corrected chi connectivity index (χ3v) is 11.9. The fraction of sp³-hybridized carbons (Fsp3) is 0.0909. The van der Waals surface area contributed by atoms with Gasteiger partial charge in [-0.1, -0.05) is 66.7 Å². The lowest BCUT2D eigenvalue weighted by Crippen LogP contribution is -2.02. The first-order chi connectivity index (χ1) is 31.9. The Labute approximate surface area is 378 Å². The van der Waals surface area contributed by atoms with Gasteiger partial charge in [0.2, 0.25) is 0 Å². The first-order valence-electron chi connectivity index (χ1n) is 21.1. The van der Waals surface area contributed by atoms with Crippen molar-refractivity contribution in [2.24, 2.45) is 0 Å². The number of hydrogen-bond donors (Lipinski definition) is 9. The van der Waals surface area contributed by atoms with Crippen LogP contribution in [0.25, 0.3) is 21.5 Å². The van der Waals surface area contributed by atoms with Gasteiger partial charge in [-0.15, -0.1) is 0 Å². The lowest BCUT2D eigenvalue weighted by molar-refractivity contribution is -0.0999. The number of phenols is 9. The molecule has 0 unspecified atom stereocenters. The molecule has 9 aromatic rings. The van der Waals surface area contributed by atoms with E-state index in [0.29, 0.717) is 80.1 Å². The van der Waals surface area contributed by atoms with Crippen molar-refractivity contribution in [3.8, 4) is 63.2 Å². The van der Waals surface area contributed by atoms with Gasteiger partial charge in [0.1, 0.15) is 28.7 Å². The molecule has 0 fully saturated rings. The first kappa shape index (κ1) is 42.6. The summed E-state index contributed by atoms with van der Waals surface area (Å²) in [5.41, 5.74) is 6.73. The Hall–Kier alpha value is -8.70. The van der Waals surface area contributed by atoms with E-state index in [9.17, 15) is 46.0 Å². The van der Waals surface area contributed by atoms with Gasteiger partial charge >= 0.3 is 0 Å². The van der Waals surface area contributed by atoms with Crippen LogP contribution in [0.5, 0.6) is 63.2 Å². The third-order valence-electron chi connectivity index (χ3n) is 11.9. The molecule has 66 heavy (non-hydrogen) atoms. The minimum absolute atomic E-state index is 0.0360. The molecule has 9 rings (SSSR count). The second kappa shape index (κ2) is 17.8. The van der Waals surface area contributed by atoms with Crippen molar-refractivity contribution < 1.29 is 55.7 Å². The highest BCUT2D eigenvalue weighted by Gasteiger charge is 2.22. The van der Waals surface area contributed by atoms with Crippen LogP contribution in [0.15, 0.2) is 152 Å². The van der Waals surface area contributed by atoms with Gasteiger partial charge in [0.05, 0.1) is 0 Å². The zero-order chi connectivity index (χ0) is 46.1. The molecule has 9 aromatic carbocycles. The van der Waals surface area contributed by atoms with E-state index in [1.54, 1.807) is 140 Å². The summed E-state index contributed by atoms with van der Waals surface area (Å²) in [7, 11) is 0. The molecule has 0 aliphatic heterocycles. The molecule has 0 aliphatic carbocycles. The summed E-state index contributed by atoms with van der Waals surface area (Å²) in [5, 5.41) is 98.5. The molecule has 0 spiro atoms. The summed E-state index contributed by atoms with van der Waals surface area (Å²) in [6.45, 7) is 0. The Kier molecular flexibility index (Phi) is 11.5. The first-order valence-corrected chi connectivity index (χ1v) is 21.1. The van der Waals surface area contributed by atoms with Crippen LogP contribution in [0, 0.1) is 0 Å². The Morgan fingerprint density at radius 1 is 0.303 bits per heavy atom. The Bertz CT molecular complexity index is 3220. The molecule has 11 nitrogen and oxygen atoms in total. The van der Waals surface area contributed by atoms with Gasteiger partial charge in [0.25, 0.3) is 0 Å². The van der Waals surface area contributed by atoms with Crippen molar-refractivity contribution in [3.63, 3.8) is 0 Å². The minimum atomic E-state index is -0.358. The molecule has 11 heteroatoms. The van der Waals surface area contributed by atoms with Gasteiger partial charge in [0, 0.05) is 53.1 Å². The second-order valence-corrected chi connectivity index (χ2v) is 16.4. The molecule has 330 valence electrons. The summed E-state index contributed by atoms with van der Waals surface area (Å²) in [4.78, 5) is 11.3. The fourth-order valence-corrected chi connectivity index (χ4v) is 8.43. The smallest absolute Gasteiger partial charge is 0.178 e. The standard InChI is InChI=1S/C55H44O11/c56-40-12-1-31(2-13-40)23-37-30-49(60)54(63)51-45(37)29-39(25-33-5-16-42(58)17-6-33)52(61)47(51)27-35-9-20-44(21-10-35)66-65-43-18-7-34(8-19-43)26-46-48(59)22-11-36-28-38(53(62)55(64)50(36)46)24-32-3-14-41(57)15-4-32/h1-22,28-30,56-64H,23-27H2. The molecular formula is C55H44O11. The highest BCUT2D eigenvalue weighted by atomic mass is 17.2. The van der Waals surface area contributed by atoms with Crippen molar-refractivity contribution in [1.29, 1.82) is 0 Å². The lowest BCUT2D eigenvalue weighted by atomic mass is 9.88. The zero-order valence-electron chi connectivity index (χ0n) is 35.3. The summed E-state index contributed by atoms with van der Waals surface area (Å²) < 4.78 is 0. The number of fused-ring (bicyclic) bond motifs is 2. The number of hydrogen-bond acceptors (Lipinski definition) is 11. The molecule has 9 N–H and O–H groups in total. The summed E-state index contributed by atoms with van der Waals surface area (Å²) >= 11 is 0. The van der Waals surface area contributed by atoms with Gasteiger partial charge in [-0.3, -0.25) is 9.78 Å². The van der Waals surface area contributed by atoms with E-state index >= 15 is 0 Å². The van der Waals surface area contributed by atoms with Gasteiger partial charge in [0.15, 0.2) is 34.5 Å². The van der Waals surface area contributed by atoms with Crippen LogP contribution in [0.1, 0.15) is 55.6 Å². The average molecular weight is 881 g/mol. The predicted molar refractivity (Wildman–Crippen MR) is 250 cm³/mol. The molecule has 0 heterocycles. The monoisotopic (exact) mass is 880 g/mol. The summed E-state index contributed by atoms with van der Waals surface area (Å²) in [6, 6.07) is 42.4. The minimum Gasteiger partial charge on any atom is -0.508 e. The summed E-state index contributed by atoms with van der Waals surface area (Å²) in [5.74, 6) is -0.227. The normalized spacial score (nSPS) is 11.3. The van der Waals surface area contributed by atoms with Gasteiger partial charge in [-0.05, 0) is 141 Å². The number of phenolic OH excluding ortho intramolecular Hbond substituents is 9.